The quantitative estimate of drug-likeness (QED) is 0.513. The van der Waals surface area contributed by atoms with E-state index in [1.807, 2.05) is 4.90 Å². The Morgan fingerprint density at radius 3 is 2.08 bits per heavy atom. The van der Waals surface area contributed by atoms with E-state index < -0.39 is 23.7 Å². The highest BCUT2D eigenvalue weighted by Crippen LogP contribution is 2.16. The molecule has 0 heterocycles. The number of nitrogens with one attached hydrogen (secondary N) is 1. The molecule has 0 aliphatic carbocycles. The Labute approximate surface area is 153 Å². The highest BCUT2D eigenvalue weighted by atomic mass is 16.6. The van der Waals surface area contributed by atoms with Crippen LogP contribution < -0.4 is 10.2 Å². The van der Waals surface area contributed by atoms with Crippen molar-refractivity contribution < 1.29 is 29.6 Å². The summed E-state index contributed by atoms with van der Waals surface area (Å²) in [6.07, 6.45) is -0.673. The lowest BCUT2D eigenvalue weighted by Gasteiger charge is -2.24. The Hall–Kier alpha value is -2.32. The number of hydrogen-bond acceptors (Lipinski definition) is 6. The Morgan fingerprint density at radius 1 is 1.12 bits per heavy atom. The van der Waals surface area contributed by atoms with Crippen LogP contribution in [0, 0.1) is 0 Å². The number of ether oxygens (including phenoxy) is 1. The molecule has 1 rings (SSSR count). The number of aliphatic carboxylic acids is 1. The van der Waals surface area contributed by atoms with Gasteiger partial charge >= 0.3 is 12.1 Å². The van der Waals surface area contributed by atoms with Crippen LogP contribution in [-0.4, -0.2) is 65.3 Å². The molecular weight excluding hydrogens is 340 g/mol. The maximum absolute atomic E-state index is 11.8. The van der Waals surface area contributed by atoms with Gasteiger partial charge in [0.25, 0.3) is 0 Å². The summed E-state index contributed by atoms with van der Waals surface area (Å²) in [5.74, 6) is -1.15. The van der Waals surface area contributed by atoms with Crippen molar-refractivity contribution in [2.75, 3.05) is 31.2 Å². The fourth-order valence-corrected chi connectivity index (χ4v) is 2.34. The average molecular weight is 368 g/mol. The third-order valence-electron chi connectivity index (χ3n) is 3.47. The third-order valence-corrected chi connectivity index (χ3v) is 3.47. The van der Waals surface area contributed by atoms with E-state index in [-0.39, 0.29) is 19.6 Å². The second-order valence-corrected chi connectivity index (χ2v) is 6.84. The summed E-state index contributed by atoms with van der Waals surface area (Å²) in [5.41, 5.74) is 0.825. The van der Waals surface area contributed by atoms with Gasteiger partial charge in [0.1, 0.15) is 11.6 Å². The molecule has 0 aliphatic rings. The number of carbonyl (C=O) groups is 2. The molecule has 0 fully saturated rings. The van der Waals surface area contributed by atoms with E-state index >= 15 is 0 Å². The number of alkyl carbamates (subject to hydrolysis) is 1. The molecule has 8 nitrogen and oxygen atoms in total. The lowest BCUT2D eigenvalue weighted by atomic mass is 10.1. The minimum absolute atomic E-state index is 0.0390. The number of nitrogens with zero attached hydrogens (tertiary/aromatic N) is 1. The van der Waals surface area contributed by atoms with Crippen LogP contribution in [0.4, 0.5) is 10.5 Å². The van der Waals surface area contributed by atoms with Crippen LogP contribution in [0.5, 0.6) is 0 Å². The minimum atomic E-state index is -1.15. The Kier molecular flexibility index (Phi) is 8.34. The summed E-state index contributed by atoms with van der Waals surface area (Å²) in [4.78, 5) is 25.0. The normalized spacial score (nSPS) is 12.3. The topological polar surface area (TPSA) is 119 Å². The standard InChI is InChI=1S/C18H28N2O6/c1-18(2,3)26-17(25)19-15(16(23)24)12-13-4-6-14(7-5-13)20(8-10-21)9-11-22/h4-7,15,21-22H,8-12H2,1-3H3,(H,19,25)(H,23,24)/t15-/m0/s1. The summed E-state index contributed by atoms with van der Waals surface area (Å²) < 4.78 is 5.09. The second kappa shape index (κ2) is 9.98. The molecule has 0 saturated carbocycles. The summed E-state index contributed by atoms with van der Waals surface area (Å²) in [6, 6.07) is 5.97. The predicted octanol–water partition coefficient (Wildman–Crippen LogP) is 0.998. The largest absolute Gasteiger partial charge is 0.480 e. The highest BCUT2D eigenvalue weighted by molar-refractivity contribution is 5.80. The lowest BCUT2D eigenvalue weighted by molar-refractivity contribution is -0.139. The molecule has 4 N–H and O–H groups in total. The first-order valence-electron chi connectivity index (χ1n) is 8.44. The van der Waals surface area contributed by atoms with Gasteiger partial charge in [-0.15, -0.1) is 0 Å². The van der Waals surface area contributed by atoms with E-state index in [0.29, 0.717) is 13.1 Å². The average Bonchev–Trinajstić information content (AvgIpc) is 2.53. The summed E-state index contributed by atoms with van der Waals surface area (Å²) in [7, 11) is 0. The van der Waals surface area contributed by atoms with E-state index in [0.717, 1.165) is 11.3 Å². The van der Waals surface area contributed by atoms with Crippen LogP contribution in [0.25, 0.3) is 0 Å². The zero-order valence-electron chi connectivity index (χ0n) is 15.4. The van der Waals surface area contributed by atoms with Gasteiger partial charge in [0.2, 0.25) is 0 Å². The third kappa shape index (κ3) is 7.71. The van der Waals surface area contributed by atoms with Crippen molar-refractivity contribution in [3.05, 3.63) is 29.8 Å². The molecule has 0 spiro atoms. The summed E-state index contributed by atoms with van der Waals surface area (Å²) >= 11 is 0. The molecule has 1 atom stereocenters. The van der Waals surface area contributed by atoms with Crippen LogP contribution in [0.15, 0.2) is 24.3 Å². The van der Waals surface area contributed by atoms with Gasteiger partial charge in [0, 0.05) is 25.2 Å². The number of carboxylic acids is 1. The second-order valence-electron chi connectivity index (χ2n) is 6.84. The number of hydrogen-bond donors (Lipinski definition) is 4. The van der Waals surface area contributed by atoms with Crippen LogP contribution in [0.1, 0.15) is 26.3 Å². The van der Waals surface area contributed by atoms with Crippen molar-refractivity contribution in [2.24, 2.45) is 0 Å². The number of aliphatic hydroxyl groups excluding tert-OH is 2. The van der Waals surface area contributed by atoms with Gasteiger partial charge in [-0.3, -0.25) is 0 Å². The van der Waals surface area contributed by atoms with E-state index in [2.05, 4.69) is 5.32 Å². The zero-order chi connectivity index (χ0) is 19.7. The predicted molar refractivity (Wildman–Crippen MR) is 97.3 cm³/mol. The molecule has 0 saturated heterocycles. The number of rotatable bonds is 9. The van der Waals surface area contributed by atoms with Crippen LogP contribution in [-0.2, 0) is 16.0 Å². The number of carboxylic acid groups (broad SMARTS) is 1. The van der Waals surface area contributed by atoms with Crippen LogP contribution in [0.2, 0.25) is 0 Å². The molecular formula is C18H28N2O6. The first-order valence-corrected chi connectivity index (χ1v) is 8.44. The van der Waals surface area contributed by atoms with Crippen molar-refractivity contribution in [3.63, 3.8) is 0 Å². The first kappa shape index (κ1) is 21.7. The van der Waals surface area contributed by atoms with E-state index in [1.165, 1.54) is 0 Å². The maximum atomic E-state index is 11.8. The van der Waals surface area contributed by atoms with Gasteiger partial charge in [0.05, 0.1) is 13.2 Å². The fraction of sp³-hybridized carbons (Fsp3) is 0.556. The van der Waals surface area contributed by atoms with Crippen molar-refractivity contribution >= 4 is 17.7 Å². The van der Waals surface area contributed by atoms with Crippen LogP contribution in [0.3, 0.4) is 0 Å². The maximum Gasteiger partial charge on any atom is 0.408 e. The van der Waals surface area contributed by atoms with Gasteiger partial charge < -0.3 is 30.3 Å². The number of anilines is 1. The lowest BCUT2D eigenvalue weighted by Crippen LogP contribution is -2.44. The molecule has 0 aliphatic heterocycles. The molecule has 0 bridgehead atoms. The highest BCUT2D eigenvalue weighted by Gasteiger charge is 2.24. The molecule has 146 valence electrons. The molecule has 1 aromatic rings. The van der Waals surface area contributed by atoms with E-state index in [9.17, 15) is 14.7 Å². The monoisotopic (exact) mass is 368 g/mol. The SMILES string of the molecule is CC(C)(C)OC(=O)N[C@@H](Cc1ccc(N(CCO)CCO)cc1)C(=O)O. The number of aliphatic hydroxyl groups is 2. The fourth-order valence-electron chi connectivity index (χ4n) is 2.34. The smallest absolute Gasteiger partial charge is 0.408 e. The Balaban J connectivity index is 2.77. The van der Waals surface area contributed by atoms with Gasteiger partial charge in [-0.1, -0.05) is 12.1 Å². The molecule has 1 aromatic carbocycles. The minimum Gasteiger partial charge on any atom is -0.480 e. The van der Waals surface area contributed by atoms with Gasteiger partial charge in [-0.05, 0) is 38.5 Å². The van der Waals surface area contributed by atoms with Crippen LogP contribution >= 0.6 is 0 Å². The van der Waals surface area contributed by atoms with Gasteiger partial charge in [0.15, 0.2) is 0 Å². The summed E-state index contributed by atoms with van der Waals surface area (Å²) in [6.45, 7) is 5.80. The molecule has 8 heteroatoms. The number of benzene rings is 1. The number of carbonyl (C=O) groups excluding carboxylic acids is 1. The molecule has 0 radical (unpaired) electrons. The van der Waals surface area contributed by atoms with Crippen molar-refractivity contribution in [3.8, 4) is 0 Å². The van der Waals surface area contributed by atoms with Crippen molar-refractivity contribution in [2.45, 2.75) is 38.8 Å². The summed E-state index contributed by atoms with van der Waals surface area (Å²) in [5, 5.41) is 29.9. The molecule has 0 unspecified atom stereocenters. The van der Waals surface area contributed by atoms with Crippen molar-refractivity contribution in [1.82, 2.24) is 5.32 Å². The Morgan fingerprint density at radius 2 is 1.65 bits per heavy atom. The first-order chi connectivity index (χ1) is 12.2. The molecule has 0 aromatic heterocycles. The van der Waals surface area contributed by atoms with E-state index in [1.54, 1.807) is 45.0 Å². The molecule has 26 heavy (non-hydrogen) atoms. The zero-order valence-corrected chi connectivity index (χ0v) is 15.4. The van der Waals surface area contributed by atoms with Gasteiger partial charge in [-0.25, -0.2) is 9.59 Å². The van der Waals surface area contributed by atoms with E-state index in [4.69, 9.17) is 14.9 Å². The number of amides is 1. The van der Waals surface area contributed by atoms with Crippen molar-refractivity contribution in [1.29, 1.82) is 0 Å². The molecule has 1 amide bonds. The Bertz CT molecular complexity index is 576. The van der Waals surface area contributed by atoms with Gasteiger partial charge in [-0.2, -0.15) is 0 Å².